The van der Waals surface area contributed by atoms with Gasteiger partial charge in [0.1, 0.15) is 5.82 Å². The quantitative estimate of drug-likeness (QED) is 0.868. The van der Waals surface area contributed by atoms with Crippen molar-refractivity contribution in [2.75, 3.05) is 10.6 Å². The maximum atomic E-state index is 13.5. The molecule has 0 aliphatic carbocycles. The molecule has 120 valence electrons. The fourth-order valence-electron chi connectivity index (χ4n) is 2.02. The minimum Gasteiger partial charge on any atom is -0.326 e. The first kappa shape index (κ1) is 17.0. The molecule has 0 aromatic heterocycles. The molecular weight excluding hydrogens is 319 g/mol. The van der Waals surface area contributed by atoms with Gasteiger partial charge in [0, 0.05) is 24.1 Å². The number of benzene rings is 2. The molecule has 2 amide bonds. The largest absolute Gasteiger partial charge is 0.326 e. The summed E-state index contributed by atoms with van der Waals surface area (Å²) >= 11 is 5.81. The molecule has 0 aliphatic rings. The van der Waals surface area contributed by atoms with E-state index >= 15 is 0 Å². The normalized spacial score (nSPS) is 10.2. The number of aryl methyl sites for hydroxylation is 1. The summed E-state index contributed by atoms with van der Waals surface area (Å²) in [7, 11) is 0. The molecule has 0 spiro atoms. The average Bonchev–Trinajstić information content (AvgIpc) is 2.49. The molecule has 2 N–H and O–H groups in total. The molecule has 0 radical (unpaired) electrons. The summed E-state index contributed by atoms with van der Waals surface area (Å²) in [4.78, 5) is 23.0. The first-order chi connectivity index (χ1) is 10.9. The highest BCUT2D eigenvalue weighted by molar-refractivity contribution is 6.30. The monoisotopic (exact) mass is 334 g/mol. The van der Waals surface area contributed by atoms with Crippen LogP contribution in [0.15, 0.2) is 42.5 Å². The molecule has 0 atom stereocenters. The molecule has 23 heavy (non-hydrogen) atoms. The van der Waals surface area contributed by atoms with E-state index in [0.29, 0.717) is 17.1 Å². The van der Waals surface area contributed by atoms with Crippen molar-refractivity contribution < 1.29 is 14.0 Å². The molecule has 2 aromatic carbocycles. The number of carbonyl (C=O) groups excluding carboxylic acids is 2. The van der Waals surface area contributed by atoms with E-state index < -0.39 is 5.82 Å². The lowest BCUT2D eigenvalue weighted by Gasteiger charge is -2.09. The van der Waals surface area contributed by atoms with Crippen LogP contribution in [-0.4, -0.2) is 11.8 Å². The Bertz CT molecular complexity index is 717. The number of amides is 2. The Morgan fingerprint density at radius 3 is 2.43 bits per heavy atom. The van der Waals surface area contributed by atoms with Gasteiger partial charge in [0.15, 0.2) is 0 Å². The van der Waals surface area contributed by atoms with Crippen LogP contribution in [0.1, 0.15) is 18.9 Å². The molecule has 0 unspecified atom stereocenters. The minimum absolute atomic E-state index is 0.0352. The van der Waals surface area contributed by atoms with E-state index in [-0.39, 0.29) is 23.9 Å². The predicted octanol–water partition coefficient (Wildman–Crippen LogP) is 4.01. The van der Waals surface area contributed by atoms with E-state index in [0.717, 1.165) is 5.56 Å². The summed E-state index contributed by atoms with van der Waals surface area (Å²) in [5, 5.41) is 5.70. The average molecular weight is 335 g/mol. The maximum Gasteiger partial charge on any atom is 0.224 e. The molecular formula is C17H16ClFN2O2. The van der Waals surface area contributed by atoms with Crippen molar-refractivity contribution in [3.8, 4) is 0 Å². The van der Waals surface area contributed by atoms with E-state index in [9.17, 15) is 14.0 Å². The van der Waals surface area contributed by atoms with Gasteiger partial charge in [-0.25, -0.2) is 4.39 Å². The summed E-state index contributed by atoms with van der Waals surface area (Å²) < 4.78 is 13.5. The lowest BCUT2D eigenvalue weighted by atomic mass is 10.1. The van der Waals surface area contributed by atoms with Crippen molar-refractivity contribution in [2.24, 2.45) is 0 Å². The number of carbonyl (C=O) groups is 2. The van der Waals surface area contributed by atoms with Gasteiger partial charge in [-0.15, -0.1) is 0 Å². The van der Waals surface area contributed by atoms with Crippen molar-refractivity contribution in [3.63, 3.8) is 0 Å². The molecule has 0 bridgehead atoms. The van der Waals surface area contributed by atoms with Crippen LogP contribution in [0.3, 0.4) is 0 Å². The number of nitrogens with one attached hydrogen (secondary N) is 2. The van der Waals surface area contributed by atoms with E-state index in [2.05, 4.69) is 10.6 Å². The van der Waals surface area contributed by atoms with Crippen LogP contribution < -0.4 is 10.6 Å². The highest BCUT2D eigenvalue weighted by atomic mass is 35.5. The standard InChI is InChI=1S/C17H16ClFN2O2/c1-11(22)20-16-10-14(7-8-15(16)19)21-17(23)9-4-12-2-5-13(18)6-3-12/h2-3,5-8,10H,4,9H2,1H3,(H,20,22)(H,21,23). The second-order valence-electron chi connectivity index (χ2n) is 5.05. The zero-order valence-corrected chi connectivity index (χ0v) is 13.3. The number of anilines is 2. The fourth-order valence-corrected chi connectivity index (χ4v) is 2.15. The van der Waals surface area contributed by atoms with Crippen LogP contribution in [0.25, 0.3) is 0 Å². The van der Waals surface area contributed by atoms with Gasteiger partial charge in [-0.2, -0.15) is 0 Å². The van der Waals surface area contributed by atoms with Gasteiger partial charge in [0.2, 0.25) is 11.8 Å². The number of rotatable bonds is 5. The molecule has 0 heterocycles. The molecule has 0 saturated carbocycles. The van der Waals surface area contributed by atoms with E-state index in [4.69, 9.17) is 11.6 Å². The number of hydrogen-bond donors (Lipinski definition) is 2. The van der Waals surface area contributed by atoms with Gasteiger partial charge in [-0.3, -0.25) is 9.59 Å². The maximum absolute atomic E-state index is 13.5. The summed E-state index contributed by atoms with van der Waals surface area (Å²) in [5.41, 5.74) is 1.46. The topological polar surface area (TPSA) is 58.2 Å². The van der Waals surface area contributed by atoms with Crippen molar-refractivity contribution in [2.45, 2.75) is 19.8 Å². The molecule has 6 heteroatoms. The molecule has 0 aliphatic heterocycles. The van der Waals surface area contributed by atoms with Gasteiger partial charge >= 0.3 is 0 Å². The van der Waals surface area contributed by atoms with Crippen molar-refractivity contribution in [3.05, 3.63) is 58.9 Å². The van der Waals surface area contributed by atoms with Crippen LogP contribution in [-0.2, 0) is 16.0 Å². The molecule has 4 nitrogen and oxygen atoms in total. The van der Waals surface area contributed by atoms with Crippen LogP contribution in [0.4, 0.5) is 15.8 Å². The predicted molar refractivity (Wildman–Crippen MR) is 89.1 cm³/mol. The van der Waals surface area contributed by atoms with Crippen LogP contribution in [0, 0.1) is 5.82 Å². The Labute approximate surface area is 138 Å². The second kappa shape index (κ2) is 7.74. The first-order valence-corrected chi connectivity index (χ1v) is 7.43. The Morgan fingerprint density at radius 2 is 1.78 bits per heavy atom. The lowest BCUT2D eigenvalue weighted by Crippen LogP contribution is -2.13. The third-order valence-electron chi connectivity index (χ3n) is 3.11. The van der Waals surface area contributed by atoms with E-state index in [1.165, 1.54) is 25.1 Å². The van der Waals surface area contributed by atoms with Crippen LogP contribution in [0.2, 0.25) is 5.02 Å². The Morgan fingerprint density at radius 1 is 1.09 bits per heavy atom. The third kappa shape index (κ3) is 5.38. The van der Waals surface area contributed by atoms with E-state index in [1.807, 2.05) is 12.1 Å². The highest BCUT2D eigenvalue weighted by Crippen LogP contribution is 2.20. The SMILES string of the molecule is CC(=O)Nc1cc(NC(=O)CCc2ccc(Cl)cc2)ccc1F. The molecule has 2 rings (SSSR count). The number of hydrogen-bond acceptors (Lipinski definition) is 2. The van der Waals surface area contributed by atoms with Crippen molar-refractivity contribution in [1.29, 1.82) is 0 Å². The molecule has 2 aromatic rings. The summed E-state index contributed by atoms with van der Waals surface area (Å²) in [5.74, 6) is -1.13. The van der Waals surface area contributed by atoms with Crippen molar-refractivity contribution >= 4 is 34.8 Å². The van der Waals surface area contributed by atoms with Gasteiger partial charge in [-0.1, -0.05) is 23.7 Å². The molecule has 0 saturated heterocycles. The number of halogens is 2. The summed E-state index contributed by atoms with van der Waals surface area (Å²) in [6.45, 7) is 1.29. The highest BCUT2D eigenvalue weighted by Gasteiger charge is 2.08. The van der Waals surface area contributed by atoms with Gasteiger partial charge < -0.3 is 10.6 Å². The van der Waals surface area contributed by atoms with Gasteiger partial charge in [0.05, 0.1) is 5.69 Å². The Hall–Kier alpha value is -2.40. The fraction of sp³-hybridized carbons (Fsp3) is 0.176. The van der Waals surface area contributed by atoms with Crippen LogP contribution >= 0.6 is 11.6 Å². The minimum atomic E-state index is -0.556. The second-order valence-corrected chi connectivity index (χ2v) is 5.49. The zero-order chi connectivity index (χ0) is 16.8. The first-order valence-electron chi connectivity index (χ1n) is 7.05. The summed E-state index contributed by atoms with van der Waals surface area (Å²) in [6.07, 6.45) is 0.858. The summed E-state index contributed by atoms with van der Waals surface area (Å²) in [6, 6.07) is 11.3. The van der Waals surface area contributed by atoms with Gasteiger partial charge in [-0.05, 0) is 42.3 Å². The Balaban J connectivity index is 1.94. The van der Waals surface area contributed by atoms with Gasteiger partial charge in [0.25, 0.3) is 0 Å². The lowest BCUT2D eigenvalue weighted by molar-refractivity contribution is -0.116. The Kier molecular flexibility index (Phi) is 5.71. The zero-order valence-electron chi connectivity index (χ0n) is 12.5. The molecule has 0 fully saturated rings. The van der Waals surface area contributed by atoms with Crippen LogP contribution in [0.5, 0.6) is 0 Å². The van der Waals surface area contributed by atoms with Crippen molar-refractivity contribution in [1.82, 2.24) is 0 Å². The van der Waals surface area contributed by atoms with E-state index in [1.54, 1.807) is 12.1 Å². The smallest absolute Gasteiger partial charge is 0.224 e. The third-order valence-corrected chi connectivity index (χ3v) is 3.37.